The molecular formula is C33H44O6. The van der Waals surface area contributed by atoms with Crippen molar-refractivity contribution in [1.82, 2.24) is 0 Å². The van der Waals surface area contributed by atoms with Crippen LogP contribution in [0.15, 0.2) is 60.7 Å². The molecule has 212 valence electrons. The molecule has 2 rings (SSSR count). The van der Waals surface area contributed by atoms with E-state index in [0.717, 1.165) is 66.7 Å². The van der Waals surface area contributed by atoms with Crippen molar-refractivity contribution >= 4 is 18.0 Å². The van der Waals surface area contributed by atoms with E-state index in [-0.39, 0.29) is 11.9 Å². The van der Waals surface area contributed by atoms with Gasteiger partial charge in [-0.3, -0.25) is 0 Å². The van der Waals surface area contributed by atoms with Gasteiger partial charge in [-0.25, -0.2) is 9.59 Å². The Morgan fingerprint density at radius 3 is 1.97 bits per heavy atom. The quantitative estimate of drug-likeness (QED) is 0.103. The molecular weight excluding hydrogens is 492 g/mol. The first kappa shape index (κ1) is 31.7. The Labute approximate surface area is 234 Å². The van der Waals surface area contributed by atoms with Gasteiger partial charge in [0, 0.05) is 17.2 Å². The van der Waals surface area contributed by atoms with E-state index in [0.29, 0.717) is 25.4 Å². The third-order valence-electron chi connectivity index (χ3n) is 6.23. The number of carbonyl (C=O) groups is 2. The van der Waals surface area contributed by atoms with Crippen LogP contribution >= 0.6 is 0 Å². The highest BCUT2D eigenvalue weighted by Crippen LogP contribution is 2.32. The van der Waals surface area contributed by atoms with Crippen LogP contribution in [0, 0.1) is 0 Å². The molecule has 0 fully saturated rings. The second-order valence-electron chi connectivity index (χ2n) is 9.52. The summed E-state index contributed by atoms with van der Waals surface area (Å²) in [5.74, 6) is 0.936. The monoisotopic (exact) mass is 536 g/mol. The van der Waals surface area contributed by atoms with Crippen LogP contribution in [0.1, 0.15) is 77.2 Å². The Bertz CT molecular complexity index is 1050. The zero-order valence-corrected chi connectivity index (χ0v) is 23.8. The minimum Gasteiger partial charge on any atom is -0.497 e. The number of unbranched alkanes of at least 4 members (excludes halogenated alkanes) is 8. The number of ether oxygens (including phenoxy) is 4. The van der Waals surface area contributed by atoms with E-state index >= 15 is 0 Å². The maximum Gasteiger partial charge on any atom is 0.333 e. The van der Waals surface area contributed by atoms with Gasteiger partial charge in [-0.05, 0) is 62.1 Å². The molecule has 6 heteroatoms. The highest BCUT2D eigenvalue weighted by molar-refractivity contribution is 5.87. The molecule has 0 atom stereocenters. The van der Waals surface area contributed by atoms with Crippen molar-refractivity contribution in [3.8, 4) is 22.6 Å². The van der Waals surface area contributed by atoms with Crippen LogP contribution in [0.4, 0.5) is 0 Å². The van der Waals surface area contributed by atoms with E-state index in [1.807, 2.05) is 49.4 Å². The molecule has 0 aliphatic carbocycles. The molecule has 0 amide bonds. The Balaban J connectivity index is 1.60. The largest absolute Gasteiger partial charge is 0.497 e. The van der Waals surface area contributed by atoms with Crippen LogP contribution < -0.4 is 9.47 Å². The Hall–Kier alpha value is -3.54. The average molecular weight is 537 g/mol. The fraction of sp³-hybridized carbons (Fsp3) is 0.455. The first-order valence-electron chi connectivity index (χ1n) is 14.0. The minimum absolute atomic E-state index is 0.302. The number of esters is 2. The molecule has 0 saturated carbocycles. The summed E-state index contributed by atoms with van der Waals surface area (Å²) in [7, 11) is 1.65. The van der Waals surface area contributed by atoms with E-state index in [2.05, 4.69) is 6.58 Å². The fourth-order valence-electron chi connectivity index (χ4n) is 4.04. The summed E-state index contributed by atoms with van der Waals surface area (Å²) in [6.07, 6.45) is 13.0. The lowest BCUT2D eigenvalue weighted by Crippen LogP contribution is -2.05. The number of benzene rings is 2. The van der Waals surface area contributed by atoms with Gasteiger partial charge in [0.05, 0.1) is 26.9 Å². The molecule has 0 aliphatic heterocycles. The number of methoxy groups -OCH3 is 1. The summed E-state index contributed by atoms with van der Waals surface area (Å²) in [5, 5.41) is 0. The van der Waals surface area contributed by atoms with Crippen LogP contribution in [0.2, 0.25) is 0 Å². The maximum atomic E-state index is 12.1. The lowest BCUT2D eigenvalue weighted by molar-refractivity contribution is -0.139. The number of hydrogen-bond donors (Lipinski definition) is 0. The zero-order valence-electron chi connectivity index (χ0n) is 23.8. The molecule has 0 spiro atoms. The molecule has 0 radical (unpaired) electrons. The number of rotatable bonds is 19. The van der Waals surface area contributed by atoms with Gasteiger partial charge in [0.25, 0.3) is 0 Å². The number of hydrogen-bond acceptors (Lipinski definition) is 6. The molecule has 0 bridgehead atoms. The molecule has 0 N–H and O–H groups in total. The SMILES string of the molecule is C=C(C)C(=O)OCCCCCCCCCCCOC(=O)C=Cc1ccc(-c2ccc(OC)cc2)c(OCC)c1. The Morgan fingerprint density at radius 1 is 0.821 bits per heavy atom. The van der Waals surface area contributed by atoms with Gasteiger partial charge >= 0.3 is 11.9 Å². The normalized spacial score (nSPS) is 10.8. The lowest BCUT2D eigenvalue weighted by Gasteiger charge is -2.12. The topological polar surface area (TPSA) is 71.1 Å². The lowest BCUT2D eigenvalue weighted by atomic mass is 10.0. The highest BCUT2D eigenvalue weighted by atomic mass is 16.5. The Morgan fingerprint density at radius 2 is 1.41 bits per heavy atom. The predicted molar refractivity (Wildman–Crippen MR) is 157 cm³/mol. The second kappa shape index (κ2) is 18.7. The standard InChI is InChI=1S/C33H44O6/c1-5-37-31-25-27(15-21-30(31)28-17-19-29(36-4)20-18-28)16-22-32(34)38-23-13-11-9-7-6-8-10-12-14-24-39-33(35)26(2)3/h15-22,25H,2,5-14,23-24H2,1,3-4H3. The maximum absolute atomic E-state index is 12.1. The molecule has 0 heterocycles. The zero-order chi connectivity index (χ0) is 28.3. The van der Waals surface area contributed by atoms with Gasteiger partial charge in [0.15, 0.2) is 0 Å². The summed E-state index contributed by atoms with van der Waals surface area (Å²) in [6, 6.07) is 13.7. The third-order valence-corrected chi connectivity index (χ3v) is 6.23. The molecule has 6 nitrogen and oxygen atoms in total. The number of carbonyl (C=O) groups excluding carboxylic acids is 2. The van der Waals surface area contributed by atoms with Gasteiger partial charge < -0.3 is 18.9 Å². The van der Waals surface area contributed by atoms with Crippen molar-refractivity contribution < 1.29 is 28.5 Å². The van der Waals surface area contributed by atoms with Crippen molar-refractivity contribution in [2.45, 2.75) is 71.6 Å². The Kier molecular flexibility index (Phi) is 15.2. The van der Waals surface area contributed by atoms with Crippen LogP contribution in [-0.2, 0) is 19.1 Å². The van der Waals surface area contributed by atoms with Crippen molar-refractivity contribution in [1.29, 1.82) is 0 Å². The van der Waals surface area contributed by atoms with E-state index in [1.54, 1.807) is 20.1 Å². The molecule has 0 aliphatic rings. The van der Waals surface area contributed by atoms with Crippen LogP contribution in [0.25, 0.3) is 17.2 Å². The smallest absolute Gasteiger partial charge is 0.333 e. The van der Waals surface area contributed by atoms with Crippen molar-refractivity contribution in [3.05, 3.63) is 66.3 Å². The summed E-state index contributed by atoms with van der Waals surface area (Å²) in [4.78, 5) is 23.4. The van der Waals surface area contributed by atoms with Crippen LogP contribution in [0.3, 0.4) is 0 Å². The van der Waals surface area contributed by atoms with Gasteiger partial charge in [-0.1, -0.05) is 75.8 Å². The third kappa shape index (κ3) is 12.7. The van der Waals surface area contributed by atoms with E-state index in [9.17, 15) is 9.59 Å². The average Bonchev–Trinajstić information content (AvgIpc) is 2.94. The molecule has 0 aromatic heterocycles. The van der Waals surface area contributed by atoms with Crippen molar-refractivity contribution in [2.75, 3.05) is 26.9 Å². The van der Waals surface area contributed by atoms with Gasteiger partial charge in [0.2, 0.25) is 0 Å². The van der Waals surface area contributed by atoms with Crippen molar-refractivity contribution in [2.24, 2.45) is 0 Å². The molecule has 2 aromatic rings. The van der Waals surface area contributed by atoms with Gasteiger partial charge in [0.1, 0.15) is 11.5 Å². The van der Waals surface area contributed by atoms with Crippen molar-refractivity contribution in [3.63, 3.8) is 0 Å². The van der Waals surface area contributed by atoms with Gasteiger partial charge in [-0.15, -0.1) is 0 Å². The highest BCUT2D eigenvalue weighted by Gasteiger charge is 2.08. The minimum atomic E-state index is -0.332. The van der Waals surface area contributed by atoms with E-state index in [1.165, 1.54) is 25.3 Å². The van der Waals surface area contributed by atoms with Crippen LogP contribution in [0.5, 0.6) is 11.5 Å². The summed E-state index contributed by atoms with van der Waals surface area (Å²) in [5.41, 5.74) is 3.35. The van der Waals surface area contributed by atoms with E-state index in [4.69, 9.17) is 18.9 Å². The first-order chi connectivity index (χ1) is 18.9. The van der Waals surface area contributed by atoms with E-state index < -0.39 is 0 Å². The molecule has 0 saturated heterocycles. The molecule has 0 unspecified atom stereocenters. The second-order valence-corrected chi connectivity index (χ2v) is 9.52. The molecule has 39 heavy (non-hydrogen) atoms. The summed E-state index contributed by atoms with van der Waals surface area (Å²) in [6.45, 7) is 8.65. The first-order valence-corrected chi connectivity index (χ1v) is 14.0. The fourth-order valence-corrected chi connectivity index (χ4v) is 4.04. The summed E-state index contributed by atoms with van der Waals surface area (Å²) < 4.78 is 21.6. The van der Waals surface area contributed by atoms with Gasteiger partial charge in [-0.2, -0.15) is 0 Å². The van der Waals surface area contributed by atoms with Crippen LogP contribution in [-0.4, -0.2) is 38.9 Å². The predicted octanol–water partition coefficient (Wildman–Crippen LogP) is 7.95. The molecule has 2 aromatic carbocycles. The summed E-state index contributed by atoms with van der Waals surface area (Å²) >= 11 is 0.